The van der Waals surface area contributed by atoms with E-state index in [0.717, 1.165) is 5.56 Å². The van der Waals surface area contributed by atoms with Crippen molar-refractivity contribution in [2.24, 2.45) is 0 Å². The molecule has 1 spiro atoms. The molecule has 0 N–H and O–H groups in total. The fourth-order valence-electron chi connectivity index (χ4n) is 3.81. The Bertz CT molecular complexity index is 893. The zero-order valence-corrected chi connectivity index (χ0v) is 15.6. The summed E-state index contributed by atoms with van der Waals surface area (Å²) in [4.78, 5) is 27.0. The predicted molar refractivity (Wildman–Crippen MR) is 97.1 cm³/mol. The minimum Gasteiger partial charge on any atom is -0.486 e. The lowest BCUT2D eigenvalue weighted by atomic mass is 9.82. The molecule has 2 aromatic rings. The van der Waals surface area contributed by atoms with Crippen molar-refractivity contribution < 1.29 is 18.7 Å². The molecule has 0 saturated carbocycles. The Morgan fingerprint density at radius 3 is 2.58 bits per heavy atom. The summed E-state index contributed by atoms with van der Waals surface area (Å²) in [6, 6.07) is 6.97. The molecule has 1 amide bonds. The highest BCUT2D eigenvalue weighted by atomic mass is 35.5. The Balaban J connectivity index is 1.52. The van der Waals surface area contributed by atoms with Gasteiger partial charge in [0.25, 0.3) is 5.91 Å². The maximum Gasteiger partial charge on any atom is 0.289 e. The number of amides is 1. The van der Waals surface area contributed by atoms with Crippen molar-refractivity contribution in [1.82, 2.24) is 4.90 Å². The Hall–Kier alpha value is -2.27. The minimum atomic E-state index is -0.543. The van der Waals surface area contributed by atoms with Crippen LogP contribution in [0.15, 0.2) is 28.7 Å². The summed E-state index contributed by atoms with van der Waals surface area (Å²) in [6.07, 6.45) is 1.55. The lowest BCUT2D eigenvalue weighted by Crippen LogP contribution is -2.52. The van der Waals surface area contributed by atoms with Crippen LogP contribution in [0.2, 0.25) is 5.02 Å². The van der Waals surface area contributed by atoms with Gasteiger partial charge >= 0.3 is 0 Å². The molecule has 0 atom stereocenters. The zero-order chi connectivity index (χ0) is 18.5. The Kier molecular flexibility index (Phi) is 4.07. The minimum absolute atomic E-state index is 0.0540. The van der Waals surface area contributed by atoms with Crippen LogP contribution in [0.3, 0.4) is 0 Å². The molecule has 136 valence electrons. The topological polar surface area (TPSA) is 59.8 Å². The van der Waals surface area contributed by atoms with Crippen LogP contribution in [0.4, 0.5) is 0 Å². The van der Waals surface area contributed by atoms with Crippen LogP contribution in [0.25, 0.3) is 0 Å². The Labute approximate surface area is 156 Å². The number of Topliss-reactive ketones (excluding diaryl/α,β-unsaturated/α-hetero) is 1. The van der Waals surface area contributed by atoms with Crippen molar-refractivity contribution >= 4 is 23.3 Å². The van der Waals surface area contributed by atoms with Gasteiger partial charge in [-0.3, -0.25) is 9.59 Å². The van der Waals surface area contributed by atoms with E-state index < -0.39 is 5.60 Å². The summed E-state index contributed by atoms with van der Waals surface area (Å²) in [7, 11) is 0. The zero-order valence-electron chi connectivity index (χ0n) is 14.8. The maximum absolute atomic E-state index is 12.7. The van der Waals surface area contributed by atoms with E-state index in [1.165, 1.54) is 0 Å². The lowest BCUT2D eigenvalue weighted by Gasteiger charge is -2.44. The third-order valence-corrected chi connectivity index (χ3v) is 5.47. The van der Waals surface area contributed by atoms with Crippen molar-refractivity contribution in [3.8, 4) is 5.75 Å². The van der Waals surface area contributed by atoms with E-state index in [0.29, 0.717) is 60.2 Å². The second kappa shape index (κ2) is 6.16. The molecule has 2 aliphatic rings. The molecule has 1 aromatic carbocycles. The molecule has 4 rings (SSSR count). The van der Waals surface area contributed by atoms with Gasteiger partial charge in [0.1, 0.15) is 17.1 Å². The SMILES string of the molecule is Cc1ccc(C(=O)N2CCC3(CC2)CC(=O)c2cc(Cl)cc(C)c2O3)o1. The van der Waals surface area contributed by atoms with Gasteiger partial charge < -0.3 is 14.1 Å². The number of piperidine rings is 1. The second-order valence-electron chi connectivity index (χ2n) is 7.19. The van der Waals surface area contributed by atoms with E-state index in [1.54, 1.807) is 23.1 Å². The van der Waals surface area contributed by atoms with E-state index in [9.17, 15) is 9.59 Å². The highest BCUT2D eigenvalue weighted by Crippen LogP contribution is 2.42. The molecule has 1 saturated heterocycles. The summed E-state index contributed by atoms with van der Waals surface area (Å²) in [5, 5.41) is 0.545. The summed E-state index contributed by atoms with van der Waals surface area (Å²) < 4.78 is 11.8. The van der Waals surface area contributed by atoms with Gasteiger partial charge in [0, 0.05) is 31.0 Å². The normalized spacial score (nSPS) is 18.6. The molecule has 3 heterocycles. The number of benzene rings is 1. The number of likely N-dealkylation sites (tertiary alicyclic amines) is 1. The molecule has 1 fully saturated rings. The quantitative estimate of drug-likeness (QED) is 0.752. The van der Waals surface area contributed by atoms with Crippen molar-refractivity contribution in [1.29, 1.82) is 0 Å². The number of ether oxygens (including phenoxy) is 1. The number of carbonyl (C=O) groups is 2. The summed E-state index contributed by atoms with van der Waals surface area (Å²) in [5.41, 5.74) is 0.883. The number of nitrogens with zero attached hydrogens (tertiary/aromatic N) is 1. The van der Waals surface area contributed by atoms with Crippen LogP contribution in [0, 0.1) is 13.8 Å². The van der Waals surface area contributed by atoms with Gasteiger partial charge in [0.2, 0.25) is 0 Å². The number of hydrogen-bond acceptors (Lipinski definition) is 4. The van der Waals surface area contributed by atoms with Crippen LogP contribution >= 0.6 is 11.6 Å². The third-order valence-electron chi connectivity index (χ3n) is 5.25. The molecular weight excluding hydrogens is 354 g/mol. The first-order valence-corrected chi connectivity index (χ1v) is 9.13. The molecular formula is C20H20ClNO4. The summed E-state index contributed by atoms with van der Waals surface area (Å²) in [6.45, 7) is 4.78. The molecule has 0 radical (unpaired) electrons. The molecule has 0 bridgehead atoms. The molecule has 6 heteroatoms. The number of halogens is 1. The molecule has 26 heavy (non-hydrogen) atoms. The van der Waals surface area contributed by atoms with E-state index in [1.807, 2.05) is 19.9 Å². The van der Waals surface area contributed by atoms with Crippen LogP contribution in [0.5, 0.6) is 5.75 Å². The van der Waals surface area contributed by atoms with Crippen LogP contribution in [0.1, 0.15) is 51.5 Å². The third kappa shape index (κ3) is 2.90. The van der Waals surface area contributed by atoms with Crippen molar-refractivity contribution in [3.05, 3.63) is 51.9 Å². The largest absolute Gasteiger partial charge is 0.486 e. The smallest absolute Gasteiger partial charge is 0.289 e. The first kappa shape index (κ1) is 17.2. The number of fused-ring (bicyclic) bond motifs is 1. The monoisotopic (exact) mass is 373 g/mol. The fourth-order valence-corrected chi connectivity index (χ4v) is 4.09. The van der Waals surface area contributed by atoms with Crippen LogP contribution < -0.4 is 4.74 Å². The molecule has 1 aromatic heterocycles. The van der Waals surface area contributed by atoms with Crippen LogP contribution in [-0.2, 0) is 0 Å². The van der Waals surface area contributed by atoms with Gasteiger partial charge in [-0.15, -0.1) is 0 Å². The predicted octanol–water partition coefficient (Wildman–Crippen LogP) is 4.19. The number of ketones is 1. The first-order valence-electron chi connectivity index (χ1n) is 8.75. The highest BCUT2D eigenvalue weighted by Gasteiger charge is 2.44. The summed E-state index contributed by atoms with van der Waals surface area (Å²) in [5.74, 6) is 1.65. The van der Waals surface area contributed by atoms with E-state index in [2.05, 4.69) is 0 Å². The first-order chi connectivity index (χ1) is 12.4. The van der Waals surface area contributed by atoms with Crippen molar-refractivity contribution in [3.63, 3.8) is 0 Å². The Morgan fingerprint density at radius 1 is 1.19 bits per heavy atom. The molecule has 5 nitrogen and oxygen atoms in total. The van der Waals surface area contributed by atoms with E-state index in [4.69, 9.17) is 20.8 Å². The van der Waals surface area contributed by atoms with Gasteiger partial charge in [-0.05, 0) is 43.7 Å². The molecule has 0 aliphatic carbocycles. The van der Waals surface area contributed by atoms with Gasteiger partial charge in [-0.1, -0.05) is 11.6 Å². The molecule has 0 unspecified atom stereocenters. The van der Waals surface area contributed by atoms with Gasteiger partial charge in [-0.2, -0.15) is 0 Å². The molecule has 2 aliphatic heterocycles. The second-order valence-corrected chi connectivity index (χ2v) is 7.62. The lowest BCUT2D eigenvalue weighted by molar-refractivity contribution is -0.00690. The number of rotatable bonds is 1. The Morgan fingerprint density at radius 2 is 1.92 bits per heavy atom. The number of furan rings is 1. The van der Waals surface area contributed by atoms with Crippen molar-refractivity contribution in [2.45, 2.75) is 38.7 Å². The number of hydrogen-bond donors (Lipinski definition) is 0. The summed E-state index contributed by atoms with van der Waals surface area (Å²) >= 11 is 6.08. The average Bonchev–Trinajstić information content (AvgIpc) is 3.03. The standard InChI is InChI=1S/C20H20ClNO4/c1-12-9-14(21)10-15-16(23)11-20(26-18(12)15)5-7-22(8-6-20)19(24)17-4-3-13(2)25-17/h3-4,9-10H,5-8,11H2,1-2H3. The van der Waals surface area contributed by atoms with Crippen LogP contribution in [-0.4, -0.2) is 35.3 Å². The van der Waals surface area contributed by atoms with E-state index in [-0.39, 0.29) is 11.7 Å². The van der Waals surface area contributed by atoms with Gasteiger partial charge in [0.15, 0.2) is 11.5 Å². The van der Waals surface area contributed by atoms with Gasteiger partial charge in [-0.25, -0.2) is 0 Å². The number of aryl methyl sites for hydroxylation is 2. The number of carbonyl (C=O) groups excluding carboxylic acids is 2. The maximum atomic E-state index is 12.7. The fraction of sp³-hybridized carbons (Fsp3) is 0.400. The van der Waals surface area contributed by atoms with Gasteiger partial charge in [0.05, 0.1) is 12.0 Å². The average molecular weight is 374 g/mol. The highest BCUT2D eigenvalue weighted by molar-refractivity contribution is 6.31. The van der Waals surface area contributed by atoms with Crippen molar-refractivity contribution in [2.75, 3.05) is 13.1 Å². The van der Waals surface area contributed by atoms with E-state index >= 15 is 0 Å².